The highest BCUT2D eigenvalue weighted by Gasteiger charge is 2.35. The fourth-order valence-corrected chi connectivity index (χ4v) is 3.78. The van der Waals surface area contributed by atoms with Gasteiger partial charge in [-0.2, -0.15) is 0 Å². The molecule has 0 N–H and O–H groups in total. The van der Waals surface area contributed by atoms with Gasteiger partial charge in [-0.25, -0.2) is 4.79 Å². The second-order valence-corrected chi connectivity index (χ2v) is 7.65. The van der Waals surface area contributed by atoms with Gasteiger partial charge in [0.2, 0.25) is 0 Å². The van der Waals surface area contributed by atoms with E-state index >= 15 is 0 Å². The molecule has 0 radical (unpaired) electrons. The van der Waals surface area contributed by atoms with Crippen molar-refractivity contribution in [1.82, 2.24) is 0 Å². The lowest BCUT2D eigenvalue weighted by atomic mass is 9.80. The first-order chi connectivity index (χ1) is 16.1. The van der Waals surface area contributed by atoms with E-state index in [0.29, 0.717) is 41.9 Å². The number of benzene rings is 2. The van der Waals surface area contributed by atoms with Crippen LogP contribution >= 0.6 is 0 Å². The third-order valence-electron chi connectivity index (χ3n) is 5.37. The summed E-state index contributed by atoms with van der Waals surface area (Å²) in [6.07, 6.45) is 3.70. The molecular formula is C27H29NO5. The van der Waals surface area contributed by atoms with Crippen molar-refractivity contribution in [3.8, 4) is 5.75 Å². The summed E-state index contributed by atoms with van der Waals surface area (Å²) in [7, 11) is 1.61. The van der Waals surface area contributed by atoms with Crippen molar-refractivity contribution in [2.45, 2.75) is 38.5 Å². The third kappa shape index (κ3) is 5.98. The maximum Gasteiger partial charge on any atom is 0.343 e. The third-order valence-corrected chi connectivity index (χ3v) is 5.37. The first-order valence-electron chi connectivity index (χ1n) is 11.1. The Morgan fingerprint density at radius 3 is 2.52 bits per heavy atom. The number of carbonyl (C=O) groups is 2. The molecule has 33 heavy (non-hydrogen) atoms. The van der Waals surface area contributed by atoms with Crippen LogP contribution in [-0.2, 0) is 14.4 Å². The molecule has 1 atom stereocenters. The quantitative estimate of drug-likeness (QED) is 0.156. The summed E-state index contributed by atoms with van der Waals surface area (Å²) in [5.74, 6) is 0.144. The molecule has 0 amide bonds. The second-order valence-electron chi connectivity index (χ2n) is 7.65. The molecule has 2 aromatic rings. The van der Waals surface area contributed by atoms with Crippen LogP contribution in [0.2, 0.25) is 0 Å². The van der Waals surface area contributed by atoms with Gasteiger partial charge in [0.05, 0.1) is 24.0 Å². The minimum absolute atomic E-state index is 0.106. The topological polar surface area (TPSA) is 74.2 Å². The van der Waals surface area contributed by atoms with Crippen molar-refractivity contribution in [3.63, 3.8) is 0 Å². The molecule has 1 aliphatic carbocycles. The van der Waals surface area contributed by atoms with Crippen LogP contribution in [0, 0.1) is 0 Å². The zero-order valence-electron chi connectivity index (χ0n) is 19.1. The van der Waals surface area contributed by atoms with Crippen molar-refractivity contribution in [1.29, 1.82) is 0 Å². The van der Waals surface area contributed by atoms with Crippen molar-refractivity contribution >= 4 is 17.5 Å². The molecule has 6 nitrogen and oxygen atoms in total. The normalized spacial score (nSPS) is 16.4. The van der Waals surface area contributed by atoms with Gasteiger partial charge >= 0.3 is 5.97 Å². The van der Waals surface area contributed by atoms with Crippen molar-refractivity contribution in [2.75, 3.05) is 13.7 Å². The molecule has 0 fully saturated rings. The number of methoxy groups -OCH3 is 1. The van der Waals surface area contributed by atoms with E-state index in [1.54, 1.807) is 37.5 Å². The largest absolute Gasteiger partial charge is 0.497 e. The Balaban J connectivity index is 2.11. The summed E-state index contributed by atoms with van der Waals surface area (Å²) in [6.45, 7) is 5.84. The van der Waals surface area contributed by atoms with Crippen LogP contribution in [0.5, 0.6) is 5.75 Å². The van der Waals surface area contributed by atoms with E-state index in [-0.39, 0.29) is 18.3 Å². The van der Waals surface area contributed by atoms with E-state index in [9.17, 15) is 9.59 Å². The van der Waals surface area contributed by atoms with Crippen molar-refractivity contribution in [3.05, 3.63) is 89.7 Å². The number of ether oxygens (including phenoxy) is 2. The molecule has 0 aliphatic heterocycles. The Bertz CT molecular complexity index is 1040. The first-order valence-corrected chi connectivity index (χ1v) is 11.1. The number of hydrogen-bond donors (Lipinski definition) is 0. The predicted octanol–water partition coefficient (Wildman–Crippen LogP) is 5.61. The van der Waals surface area contributed by atoms with Crippen molar-refractivity contribution in [2.24, 2.45) is 5.16 Å². The fraction of sp³-hybridized carbons (Fsp3) is 0.296. The SMILES string of the molecule is C=CCO/N=C(\CCC)C1=C(OC(=O)c2ccccc2)C(c2ccc(OC)cc2)CCC1=O. The van der Waals surface area contributed by atoms with Crippen LogP contribution in [0.15, 0.2) is 83.7 Å². The Hall–Kier alpha value is -3.67. The highest BCUT2D eigenvalue weighted by molar-refractivity contribution is 6.23. The fourth-order valence-electron chi connectivity index (χ4n) is 3.78. The molecule has 172 valence electrons. The van der Waals surface area contributed by atoms with Crippen LogP contribution in [0.4, 0.5) is 0 Å². The number of ketones is 1. The number of carbonyl (C=O) groups excluding carboxylic acids is 2. The van der Waals surface area contributed by atoms with E-state index in [1.165, 1.54) is 0 Å². The highest BCUT2D eigenvalue weighted by Crippen LogP contribution is 2.39. The smallest absolute Gasteiger partial charge is 0.343 e. The molecule has 0 heterocycles. The van der Waals surface area contributed by atoms with Gasteiger partial charge < -0.3 is 14.3 Å². The van der Waals surface area contributed by atoms with E-state index in [4.69, 9.17) is 14.3 Å². The maximum absolute atomic E-state index is 13.1. The molecule has 3 rings (SSSR count). The molecule has 0 saturated carbocycles. The Morgan fingerprint density at radius 2 is 1.88 bits per heavy atom. The van der Waals surface area contributed by atoms with E-state index in [1.807, 2.05) is 37.3 Å². The Labute approximate surface area is 194 Å². The molecule has 0 spiro atoms. The average Bonchev–Trinajstić information content (AvgIpc) is 2.85. The number of nitrogens with zero attached hydrogens (tertiary/aromatic N) is 1. The minimum atomic E-state index is -0.515. The monoisotopic (exact) mass is 447 g/mol. The predicted molar refractivity (Wildman–Crippen MR) is 127 cm³/mol. The molecule has 0 saturated heterocycles. The van der Waals surface area contributed by atoms with Crippen LogP contribution in [0.1, 0.15) is 54.4 Å². The van der Waals surface area contributed by atoms with Gasteiger partial charge in [0.25, 0.3) is 0 Å². The molecule has 6 heteroatoms. The minimum Gasteiger partial charge on any atom is -0.497 e. The average molecular weight is 448 g/mol. The van der Waals surface area contributed by atoms with Crippen LogP contribution in [0.25, 0.3) is 0 Å². The number of rotatable bonds is 10. The number of allylic oxidation sites excluding steroid dienone is 2. The number of oxime groups is 1. The Morgan fingerprint density at radius 1 is 1.15 bits per heavy atom. The summed E-state index contributed by atoms with van der Waals surface area (Å²) >= 11 is 0. The summed E-state index contributed by atoms with van der Waals surface area (Å²) < 4.78 is 11.2. The van der Waals surface area contributed by atoms with Gasteiger partial charge in [0.1, 0.15) is 18.1 Å². The van der Waals surface area contributed by atoms with E-state index < -0.39 is 5.97 Å². The van der Waals surface area contributed by atoms with Crippen molar-refractivity contribution < 1.29 is 23.9 Å². The maximum atomic E-state index is 13.1. The van der Waals surface area contributed by atoms with Crippen LogP contribution < -0.4 is 4.74 Å². The van der Waals surface area contributed by atoms with E-state index in [0.717, 1.165) is 17.7 Å². The number of esters is 1. The van der Waals surface area contributed by atoms with Gasteiger partial charge in [0, 0.05) is 12.3 Å². The Kier molecular flexibility index (Phi) is 8.58. The number of hydrogen-bond acceptors (Lipinski definition) is 6. The molecular weight excluding hydrogens is 418 g/mol. The summed E-state index contributed by atoms with van der Waals surface area (Å²) in [6, 6.07) is 16.3. The second kappa shape index (κ2) is 11.8. The molecule has 0 aromatic heterocycles. The zero-order valence-corrected chi connectivity index (χ0v) is 19.1. The molecule has 1 aliphatic rings. The van der Waals surface area contributed by atoms with E-state index in [2.05, 4.69) is 11.7 Å². The highest BCUT2D eigenvalue weighted by atomic mass is 16.6. The first kappa shape index (κ1) is 24.0. The summed E-state index contributed by atoms with van der Waals surface area (Å²) in [5, 5.41) is 4.22. The molecule has 2 aromatic carbocycles. The van der Waals surface area contributed by atoms with Gasteiger partial charge in [-0.05, 0) is 42.7 Å². The lowest BCUT2D eigenvalue weighted by molar-refractivity contribution is -0.116. The lowest BCUT2D eigenvalue weighted by Gasteiger charge is -2.28. The molecule has 0 bridgehead atoms. The van der Waals surface area contributed by atoms with Gasteiger partial charge in [-0.3, -0.25) is 4.79 Å². The zero-order chi connectivity index (χ0) is 23.6. The number of Topliss-reactive ketones (excluding diaryl/α,β-unsaturated/α-hetero) is 1. The van der Waals surface area contributed by atoms with Gasteiger partial charge in [-0.15, -0.1) is 0 Å². The summed E-state index contributed by atoms with van der Waals surface area (Å²) in [4.78, 5) is 31.5. The van der Waals surface area contributed by atoms with Gasteiger partial charge in [0.15, 0.2) is 5.78 Å². The lowest BCUT2D eigenvalue weighted by Crippen LogP contribution is -2.27. The molecule has 1 unspecified atom stereocenters. The standard InChI is InChI=1S/C27H29NO5/c1-4-9-23(28-32-18-5-2)25-24(29)17-16-22(19-12-14-21(31-3)15-13-19)26(25)33-27(30)20-10-7-6-8-11-20/h5-8,10-15,22H,2,4,9,16-18H2,1,3H3/b28-23+. The van der Waals surface area contributed by atoms with Gasteiger partial charge in [-0.1, -0.05) is 61.5 Å². The van der Waals surface area contributed by atoms with Crippen LogP contribution in [-0.4, -0.2) is 31.2 Å². The summed E-state index contributed by atoms with van der Waals surface area (Å²) in [5.41, 5.74) is 2.16. The van der Waals surface area contributed by atoms with Crippen LogP contribution in [0.3, 0.4) is 0 Å².